The first kappa shape index (κ1) is 15.9. The van der Waals surface area contributed by atoms with Crippen molar-refractivity contribution in [1.29, 1.82) is 0 Å². The number of benzene rings is 1. The van der Waals surface area contributed by atoms with Gasteiger partial charge in [-0.3, -0.25) is 4.79 Å². The molecule has 0 saturated carbocycles. The quantitative estimate of drug-likeness (QED) is 0.818. The number of nitrogens with zero attached hydrogens (tertiary/aromatic N) is 1. The second-order valence-corrected chi connectivity index (χ2v) is 5.24. The maximum Gasteiger partial charge on any atom is 0.255 e. The van der Waals surface area contributed by atoms with Crippen molar-refractivity contribution in [2.24, 2.45) is 0 Å². The molecule has 1 aromatic carbocycles. The number of ether oxygens (including phenoxy) is 1. The Hall–Kier alpha value is -1.49. The van der Waals surface area contributed by atoms with Gasteiger partial charge in [-0.1, -0.05) is 34.8 Å². The van der Waals surface area contributed by atoms with Crippen LogP contribution in [0.1, 0.15) is 17.3 Å². The summed E-state index contributed by atoms with van der Waals surface area (Å²) in [5.41, 5.74) is 0.765. The zero-order valence-electron chi connectivity index (χ0n) is 11.0. The highest BCUT2D eigenvalue weighted by Crippen LogP contribution is 2.28. The summed E-state index contributed by atoms with van der Waals surface area (Å²) >= 11 is 17.5. The maximum atomic E-state index is 12.2. The zero-order valence-corrected chi connectivity index (χ0v) is 13.3. The Labute approximate surface area is 137 Å². The molecule has 2 aromatic rings. The number of rotatable bonds is 4. The number of halogens is 3. The van der Waals surface area contributed by atoms with Gasteiger partial charge in [-0.2, -0.15) is 0 Å². The Balaban J connectivity index is 2.28. The highest BCUT2D eigenvalue weighted by molar-refractivity contribution is 6.33. The molecule has 0 fully saturated rings. The number of carbonyl (C=O) groups is 1. The molecule has 1 aromatic heterocycles. The highest BCUT2D eigenvalue weighted by Gasteiger charge is 2.12. The first-order valence-electron chi connectivity index (χ1n) is 6.06. The zero-order chi connectivity index (χ0) is 15.4. The Kier molecular flexibility index (Phi) is 5.28. The van der Waals surface area contributed by atoms with Crippen LogP contribution >= 0.6 is 34.8 Å². The second kappa shape index (κ2) is 6.98. The van der Waals surface area contributed by atoms with Crippen LogP contribution in [0, 0.1) is 0 Å². The lowest BCUT2D eigenvalue weighted by atomic mass is 10.2. The van der Waals surface area contributed by atoms with Crippen molar-refractivity contribution in [3.8, 4) is 5.75 Å². The van der Waals surface area contributed by atoms with Crippen LogP contribution in [0.5, 0.6) is 5.75 Å². The molecule has 1 N–H and O–H groups in total. The van der Waals surface area contributed by atoms with Crippen molar-refractivity contribution < 1.29 is 9.53 Å². The first-order chi connectivity index (χ1) is 9.99. The van der Waals surface area contributed by atoms with Crippen LogP contribution < -0.4 is 10.1 Å². The minimum atomic E-state index is -0.385. The van der Waals surface area contributed by atoms with E-state index in [1.165, 1.54) is 12.1 Å². The van der Waals surface area contributed by atoms with E-state index in [-0.39, 0.29) is 16.2 Å². The molecule has 1 heterocycles. The molecule has 4 nitrogen and oxygen atoms in total. The molecule has 0 spiro atoms. The predicted molar refractivity (Wildman–Crippen MR) is 84.8 cm³/mol. The number of anilines is 1. The van der Waals surface area contributed by atoms with Crippen molar-refractivity contribution in [3.05, 3.63) is 51.2 Å². The van der Waals surface area contributed by atoms with Crippen molar-refractivity contribution in [2.45, 2.75) is 6.92 Å². The Morgan fingerprint density at radius 3 is 2.48 bits per heavy atom. The number of hydrogen-bond acceptors (Lipinski definition) is 3. The fourth-order valence-corrected chi connectivity index (χ4v) is 2.30. The summed E-state index contributed by atoms with van der Waals surface area (Å²) in [4.78, 5) is 16.0. The molecule has 0 bridgehead atoms. The number of nitrogens with one attached hydrogen (secondary N) is 1. The Bertz CT molecular complexity index is 657. The van der Waals surface area contributed by atoms with E-state index < -0.39 is 0 Å². The molecule has 0 aliphatic carbocycles. The number of amides is 1. The van der Waals surface area contributed by atoms with Crippen LogP contribution in [0.4, 0.5) is 5.69 Å². The number of pyridine rings is 1. The van der Waals surface area contributed by atoms with Gasteiger partial charge in [-0.15, -0.1) is 0 Å². The van der Waals surface area contributed by atoms with Gasteiger partial charge in [-0.05, 0) is 37.3 Å². The first-order valence-corrected chi connectivity index (χ1v) is 7.19. The average Bonchev–Trinajstić information content (AvgIpc) is 2.41. The molecule has 2 rings (SSSR count). The van der Waals surface area contributed by atoms with Crippen LogP contribution in [0.3, 0.4) is 0 Å². The van der Waals surface area contributed by atoms with E-state index in [0.29, 0.717) is 28.6 Å². The Morgan fingerprint density at radius 2 is 1.86 bits per heavy atom. The second-order valence-electron chi connectivity index (χ2n) is 4.03. The van der Waals surface area contributed by atoms with Crippen LogP contribution in [0.15, 0.2) is 30.3 Å². The minimum absolute atomic E-state index is 0.142. The lowest BCUT2D eigenvalue weighted by Gasteiger charge is -2.12. The molecule has 0 atom stereocenters. The number of hydrogen-bond donors (Lipinski definition) is 1. The van der Waals surface area contributed by atoms with Crippen molar-refractivity contribution >= 4 is 46.4 Å². The van der Waals surface area contributed by atoms with Crippen LogP contribution in [0.25, 0.3) is 0 Å². The normalized spacial score (nSPS) is 10.3. The average molecular weight is 346 g/mol. The lowest BCUT2D eigenvalue weighted by Crippen LogP contribution is -2.13. The van der Waals surface area contributed by atoms with Crippen LogP contribution in [-0.4, -0.2) is 17.5 Å². The van der Waals surface area contributed by atoms with Gasteiger partial charge in [0.1, 0.15) is 16.1 Å². The minimum Gasteiger partial charge on any atom is -0.492 e. The molecule has 21 heavy (non-hydrogen) atoms. The van der Waals surface area contributed by atoms with E-state index >= 15 is 0 Å². The third-order valence-electron chi connectivity index (χ3n) is 2.51. The van der Waals surface area contributed by atoms with Crippen molar-refractivity contribution in [1.82, 2.24) is 4.98 Å². The third kappa shape index (κ3) is 4.24. The highest BCUT2D eigenvalue weighted by atomic mass is 35.5. The van der Waals surface area contributed by atoms with E-state index in [1.807, 2.05) is 6.92 Å². The standard InChI is InChI=1S/C14H11Cl3N2O2/c1-2-21-11-4-3-9(15)7-10(11)18-14(20)8-5-12(16)19-13(17)6-8/h3-7H,2H2,1H3,(H,18,20). The fourth-order valence-electron chi connectivity index (χ4n) is 1.67. The molecule has 0 aliphatic heterocycles. The summed E-state index contributed by atoms with van der Waals surface area (Å²) < 4.78 is 5.44. The van der Waals surface area contributed by atoms with Crippen molar-refractivity contribution in [3.63, 3.8) is 0 Å². The van der Waals surface area contributed by atoms with E-state index in [9.17, 15) is 4.79 Å². The van der Waals surface area contributed by atoms with E-state index in [0.717, 1.165) is 0 Å². The summed E-state index contributed by atoms with van der Waals surface area (Å²) in [6.07, 6.45) is 0. The smallest absolute Gasteiger partial charge is 0.255 e. The molecule has 0 aliphatic rings. The molecule has 110 valence electrons. The number of aromatic nitrogens is 1. The predicted octanol–water partition coefficient (Wildman–Crippen LogP) is 4.69. The monoisotopic (exact) mass is 344 g/mol. The van der Waals surface area contributed by atoms with Crippen molar-refractivity contribution in [2.75, 3.05) is 11.9 Å². The van der Waals surface area contributed by atoms with E-state index in [1.54, 1.807) is 18.2 Å². The van der Waals surface area contributed by atoms with Gasteiger partial charge in [0.05, 0.1) is 12.3 Å². The van der Waals surface area contributed by atoms with Gasteiger partial charge >= 0.3 is 0 Å². The topological polar surface area (TPSA) is 51.2 Å². The largest absolute Gasteiger partial charge is 0.492 e. The van der Waals surface area contributed by atoms with Gasteiger partial charge < -0.3 is 10.1 Å². The van der Waals surface area contributed by atoms with E-state index in [4.69, 9.17) is 39.5 Å². The van der Waals surface area contributed by atoms with Gasteiger partial charge in [0, 0.05) is 10.6 Å². The summed E-state index contributed by atoms with van der Waals surface area (Å²) in [5, 5.41) is 3.48. The van der Waals surface area contributed by atoms with Gasteiger partial charge in [0.25, 0.3) is 5.91 Å². The number of carbonyl (C=O) groups excluding carboxylic acids is 1. The lowest BCUT2D eigenvalue weighted by molar-refractivity contribution is 0.102. The summed E-state index contributed by atoms with van der Waals surface area (Å²) in [6, 6.07) is 7.83. The molecular weight excluding hydrogens is 335 g/mol. The van der Waals surface area contributed by atoms with Gasteiger partial charge in [0.15, 0.2) is 0 Å². The van der Waals surface area contributed by atoms with Crippen LogP contribution in [0.2, 0.25) is 15.3 Å². The summed E-state index contributed by atoms with van der Waals surface area (Å²) in [5.74, 6) is 0.144. The summed E-state index contributed by atoms with van der Waals surface area (Å²) in [7, 11) is 0. The Morgan fingerprint density at radius 1 is 1.19 bits per heavy atom. The van der Waals surface area contributed by atoms with Gasteiger partial charge in [-0.25, -0.2) is 4.98 Å². The molecule has 0 radical (unpaired) electrons. The van der Waals surface area contributed by atoms with E-state index in [2.05, 4.69) is 10.3 Å². The SMILES string of the molecule is CCOc1ccc(Cl)cc1NC(=O)c1cc(Cl)nc(Cl)c1. The maximum absolute atomic E-state index is 12.2. The fraction of sp³-hybridized carbons (Fsp3) is 0.143. The molecule has 7 heteroatoms. The summed E-state index contributed by atoms with van der Waals surface area (Å²) in [6.45, 7) is 2.32. The molecule has 0 unspecified atom stereocenters. The molecule has 1 amide bonds. The molecule has 0 saturated heterocycles. The molecular formula is C14H11Cl3N2O2. The third-order valence-corrected chi connectivity index (χ3v) is 3.14. The van der Waals surface area contributed by atoms with Gasteiger partial charge in [0.2, 0.25) is 0 Å². The van der Waals surface area contributed by atoms with Crippen LogP contribution in [-0.2, 0) is 0 Å².